The zero-order valence-corrected chi connectivity index (χ0v) is 24.3. The van der Waals surface area contributed by atoms with Crippen molar-refractivity contribution in [2.75, 3.05) is 16.0 Å². The molecule has 5 N–H and O–H groups in total. The van der Waals surface area contributed by atoms with E-state index in [0.29, 0.717) is 61.3 Å². The molecule has 41 heavy (non-hydrogen) atoms. The Kier molecular flexibility index (Phi) is 8.32. The van der Waals surface area contributed by atoms with Crippen LogP contribution in [0.3, 0.4) is 0 Å². The molecule has 14 heteroatoms. The molecule has 2 amide bonds. The number of thioether (sulfide) groups is 1. The van der Waals surface area contributed by atoms with Gasteiger partial charge in [-0.05, 0) is 42.7 Å². The van der Waals surface area contributed by atoms with Gasteiger partial charge in [0, 0.05) is 27.7 Å². The summed E-state index contributed by atoms with van der Waals surface area (Å²) in [5.74, 6) is -1.74. The first-order chi connectivity index (χ1) is 19.7. The van der Waals surface area contributed by atoms with Crippen molar-refractivity contribution in [3.8, 4) is 6.07 Å². The van der Waals surface area contributed by atoms with Crippen LogP contribution >= 0.6 is 46.3 Å². The molecule has 0 bridgehead atoms. The Balaban J connectivity index is 1.42. The Morgan fingerprint density at radius 3 is 2.71 bits per heavy atom. The SMILES string of the molecule is N#CC1=C(N)N(c2nnc(SCC(=O)Nc3ccccc3C(N)=O)s2)C2=C(C(=O)CCC2)C1c1ccc(Cl)cc1Cl. The van der Waals surface area contributed by atoms with Crippen molar-refractivity contribution in [3.63, 3.8) is 0 Å². The number of anilines is 2. The Bertz CT molecular complexity index is 1700. The number of allylic oxidation sites excluding steroid dienone is 3. The standard InChI is InChI=1S/C27H21Cl2N7O3S2/c28-13-8-9-14(17(29)10-13)22-16(11-30)24(31)36(19-6-3-7-20(37)23(19)22)26-34-35-27(41-26)40-12-21(38)33-18-5-2-1-4-15(18)25(32)39/h1-2,4-5,8-10,22H,3,6-7,12,31H2,(H2,32,39)(H,33,38). The highest BCUT2D eigenvalue weighted by atomic mass is 35.5. The number of nitrogens with one attached hydrogen (secondary N) is 1. The van der Waals surface area contributed by atoms with Gasteiger partial charge in [-0.1, -0.05) is 64.5 Å². The lowest BCUT2D eigenvalue weighted by atomic mass is 9.76. The first-order valence-electron chi connectivity index (χ1n) is 12.3. The summed E-state index contributed by atoms with van der Waals surface area (Å²) in [7, 11) is 0. The fourth-order valence-corrected chi connectivity index (χ4v) is 7.02. The summed E-state index contributed by atoms with van der Waals surface area (Å²) >= 11 is 14.9. The van der Waals surface area contributed by atoms with E-state index >= 15 is 0 Å². The van der Waals surface area contributed by atoms with E-state index < -0.39 is 11.8 Å². The number of hydrogen-bond acceptors (Lipinski definition) is 10. The molecule has 2 aliphatic rings. The van der Waals surface area contributed by atoms with Crippen LogP contribution in [0.15, 0.2) is 69.5 Å². The summed E-state index contributed by atoms with van der Waals surface area (Å²) in [6, 6.07) is 13.6. The van der Waals surface area contributed by atoms with Crippen molar-refractivity contribution < 1.29 is 14.4 Å². The first-order valence-corrected chi connectivity index (χ1v) is 14.8. The highest BCUT2D eigenvalue weighted by Gasteiger charge is 2.42. The van der Waals surface area contributed by atoms with Crippen molar-refractivity contribution in [1.82, 2.24) is 10.2 Å². The van der Waals surface area contributed by atoms with Gasteiger partial charge in [-0.2, -0.15) is 5.26 Å². The maximum absolute atomic E-state index is 13.3. The Labute approximate surface area is 253 Å². The number of amides is 2. The number of rotatable bonds is 7. The lowest BCUT2D eigenvalue weighted by Gasteiger charge is -2.38. The Morgan fingerprint density at radius 2 is 1.98 bits per heavy atom. The van der Waals surface area contributed by atoms with Crippen LogP contribution in [0.1, 0.15) is 41.1 Å². The minimum atomic E-state index is -0.738. The predicted molar refractivity (Wildman–Crippen MR) is 159 cm³/mol. The molecule has 3 aromatic rings. The zero-order chi connectivity index (χ0) is 29.3. The van der Waals surface area contributed by atoms with Gasteiger partial charge < -0.3 is 16.8 Å². The maximum atomic E-state index is 13.3. The van der Waals surface area contributed by atoms with Crippen LogP contribution in [0.2, 0.25) is 10.0 Å². The van der Waals surface area contributed by atoms with Crippen LogP contribution in [-0.4, -0.2) is 33.5 Å². The number of para-hydroxylation sites is 1. The van der Waals surface area contributed by atoms with Crippen molar-refractivity contribution in [3.05, 3.63) is 86.3 Å². The largest absolute Gasteiger partial charge is 0.384 e. The summed E-state index contributed by atoms with van der Waals surface area (Å²) in [5.41, 5.74) is 14.3. The fourth-order valence-electron chi connectivity index (χ4n) is 4.82. The number of hydrogen-bond donors (Lipinski definition) is 3. The van der Waals surface area contributed by atoms with Gasteiger partial charge in [-0.3, -0.25) is 19.3 Å². The van der Waals surface area contributed by atoms with E-state index in [1.54, 1.807) is 41.3 Å². The van der Waals surface area contributed by atoms with E-state index in [1.807, 2.05) is 0 Å². The van der Waals surface area contributed by atoms with Gasteiger partial charge in [-0.25, -0.2) is 0 Å². The topological polar surface area (TPSA) is 168 Å². The number of primary amides is 1. The van der Waals surface area contributed by atoms with E-state index in [-0.39, 0.29) is 34.4 Å². The number of carbonyl (C=O) groups is 3. The molecule has 1 aliphatic carbocycles. The highest BCUT2D eigenvalue weighted by molar-refractivity contribution is 8.01. The zero-order valence-electron chi connectivity index (χ0n) is 21.2. The van der Waals surface area contributed by atoms with Gasteiger partial charge >= 0.3 is 0 Å². The van der Waals surface area contributed by atoms with Gasteiger partial charge in [0.1, 0.15) is 5.82 Å². The van der Waals surface area contributed by atoms with Crippen LogP contribution in [0.4, 0.5) is 10.8 Å². The highest BCUT2D eigenvalue weighted by Crippen LogP contribution is 2.48. The quantitative estimate of drug-likeness (QED) is 0.306. The van der Waals surface area contributed by atoms with Crippen LogP contribution < -0.4 is 21.7 Å². The fraction of sp³-hybridized carbons (Fsp3) is 0.185. The third-order valence-corrected chi connectivity index (χ3v) is 9.17. The molecule has 10 nitrogen and oxygen atoms in total. The molecule has 1 atom stereocenters. The molecule has 2 heterocycles. The summed E-state index contributed by atoms with van der Waals surface area (Å²) in [4.78, 5) is 39.1. The number of aromatic nitrogens is 2. The second-order valence-electron chi connectivity index (χ2n) is 9.08. The number of nitriles is 1. The van der Waals surface area contributed by atoms with E-state index in [0.717, 1.165) is 11.8 Å². The molecule has 0 spiro atoms. The summed E-state index contributed by atoms with van der Waals surface area (Å²) in [6.07, 6.45) is 1.47. The number of ketones is 1. The minimum absolute atomic E-state index is 0.0138. The van der Waals surface area contributed by atoms with Gasteiger partial charge in [0.25, 0.3) is 5.91 Å². The average Bonchev–Trinajstić information content (AvgIpc) is 3.40. The van der Waals surface area contributed by atoms with Crippen LogP contribution in [0.25, 0.3) is 0 Å². The average molecular weight is 627 g/mol. The Hall–Kier alpha value is -3.89. The second-order valence-corrected chi connectivity index (χ2v) is 12.1. The van der Waals surface area contributed by atoms with Crippen molar-refractivity contribution >= 4 is 74.7 Å². The molecule has 1 aliphatic heterocycles. The third kappa shape index (κ3) is 5.67. The lowest BCUT2D eigenvalue weighted by molar-refractivity contribution is -0.116. The van der Waals surface area contributed by atoms with Crippen LogP contribution in [0, 0.1) is 11.3 Å². The second kappa shape index (κ2) is 11.9. The summed E-state index contributed by atoms with van der Waals surface area (Å²) < 4.78 is 0.469. The smallest absolute Gasteiger partial charge is 0.250 e. The predicted octanol–water partition coefficient (Wildman–Crippen LogP) is 4.98. The molecule has 2 aromatic carbocycles. The van der Waals surface area contributed by atoms with Gasteiger partial charge in [0.2, 0.25) is 11.0 Å². The molecule has 0 radical (unpaired) electrons. The van der Waals surface area contributed by atoms with Crippen molar-refractivity contribution in [1.29, 1.82) is 5.26 Å². The number of nitrogens with two attached hydrogens (primary N) is 2. The molecular formula is C27H21Cl2N7O3S2. The third-order valence-electron chi connectivity index (χ3n) is 6.57. The van der Waals surface area contributed by atoms with E-state index in [1.165, 1.54) is 17.4 Å². The monoisotopic (exact) mass is 625 g/mol. The maximum Gasteiger partial charge on any atom is 0.250 e. The van der Waals surface area contributed by atoms with Gasteiger partial charge in [0.15, 0.2) is 10.1 Å². The van der Waals surface area contributed by atoms with E-state index in [9.17, 15) is 19.6 Å². The lowest BCUT2D eigenvalue weighted by Crippen LogP contribution is -2.38. The Morgan fingerprint density at radius 1 is 1.20 bits per heavy atom. The molecule has 208 valence electrons. The minimum Gasteiger partial charge on any atom is -0.384 e. The summed E-state index contributed by atoms with van der Waals surface area (Å²) in [5, 5.41) is 22.4. The normalized spacial score (nSPS) is 16.9. The van der Waals surface area contributed by atoms with E-state index in [4.69, 9.17) is 34.7 Å². The number of Topliss-reactive ketones (excluding diaryl/α,β-unsaturated/α-hetero) is 1. The van der Waals surface area contributed by atoms with Crippen LogP contribution in [0.5, 0.6) is 0 Å². The first kappa shape index (κ1) is 28.6. The number of nitrogens with zero attached hydrogens (tertiary/aromatic N) is 4. The van der Waals surface area contributed by atoms with Gasteiger partial charge in [0.05, 0.1) is 34.6 Å². The van der Waals surface area contributed by atoms with Crippen molar-refractivity contribution in [2.45, 2.75) is 29.5 Å². The van der Waals surface area contributed by atoms with Gasteiger partial charge in [-0.15, -0.1) is 10.2 Å². The molecule has 0 fully saturated rings. The number of carbonyl (C=O) groups excluding carboxylic acids is 3. The number of halogens is 2. The molecule has 0 saturated carbocycles. The summed E-state index contributed by atoms with van der Waals surface area (Å²) in [6.45, 7) is 0. The molecule has 0 saturated heterocycles. The van der Waals surface area contributed by atoms with Crippen LogP contribution in [-0.2, 0) is 9.59 Å². The number of benzene rings is 2. The molecular weight excluding hydrogens is 605 g/mol. The molecule has 5 rings (SSSR count). The van der Waals surface area contributed by atoms with Crippen molar-refractivity contribution in [2.24, 2.45) is 11.5 Å². The van der Waals surface area contributed by atoms with E-state index in [2.05, 4.69) is 21.6 Å². The molecule has 1 aromatic heterocycles. The molecule has 1 unspecified atom stereocenters.